The van der Waals surface area contributed by atoms with Crippen LogP contribution in [0.5, 0.6) is 0 Å². The Hall–Kier alpha value is -1.39. The number of Topliss-reactive ketones (excluding diaryl/α,β-unsaturated/α-hetero) is 1. The fourth-order valence-electron chi connectivity index (χ4n) is 2.69. The molecule has 1 aliphatic rings. The van der Waals surface area contributed by atoms with Crippen molar-refractivity contribution in [1.29, 1.82) is 0 Å². The van der Waals surface area contributed by atoms with Crippen LogP contribution in [0.25, 0.3) is 0 Å². The topological polar surface area (TPSA) is 58.6 Å². The van der Waals surface area contributed by atoms with Gasteiger partial charge in [0.1, 0.15) is 0 Å². The average Bonchev–Trinajstić information content (AvgIpc) is 2.45. The van der Waals surface area contributed by atoms with Gasteiger partial charge in [0.25, 0.3) is 0 Å². The maximum atomic E-state index is 12.0. The third-order valence-corrected chi connectivity index (χ3v) is 3.69. The molecule has 1 aromatic carbocycles. The highest BCUT2D eigenvalue weighted by molar-refractivity contribution is 5.99. The van der Waals surface area contributed by atoms with E-state index in [4.69, 9.17) is 9.84 Å². The standard InChI is InChI=1S/C17H25NO3/c1-17(2,12-21-11-5-10-19)18-15-8-3-7-14-13(15)6-4-9-16(14)20/h3,7-8,18-19H,4-6,9-12H2,1-2H3. The average molecular weight is 291 g/mol. The molecule has 0 spiro atoms. The van der Waals surface area contributed by atoms with Crippen LogP contribution >= 0.6 is 0 Å². The Labute approximate surface area is 126 Å². The first-order valence-corrected chi connectivity index (χ1v) is 7.65. The first-order valence-electron chi connectivity index (χ1n) is 7.65. The van der Waals surface area contributed by atoms with Gasteiger partial charge in [-0.3, -0.25) is 4.79 Å². The molecule has 0 amide bonds. The molecular formula is C17H25NO3. The van der Waals surface area contributed by atoms with Gasteiger partial charge in [0.05, 0.1) is 12.1 Å². The summed E-state index contributed by atoms with van der Waals surface area (Å²) in [5.41, 5.74) is 2.82. The number of carbonyl (C=O) groups is 1. The van der Waals surface area contributed by atoms with Crippen molar-refractivity contribution in [3.63, 3.8) is 0 Å². The summed E-state index contributed by atoms with van der Waals surface area (Å²) in [5.74, 6) is 0.247. The summed E-state index contributed by atoms with van der Waals surface area (Å²) in [6, 6.07) is 5.90. The highest BCUT2D eigenvalue weighted by atomic mass is 16.5. The Morgan fingerprint density at radius 2 is 2.14 bits per heavy atom. The van der Waals surface area contributed by atoms with E-state index >= 15 is 0 Å². The van der Waals surface area contributed by atoms with Crippen LogP contribution < -0.4 is 5.32 Å². The maximum Gasteiger partial charge on any atom is 0.163 e. The number of nitrogens with one attached hydrogen (secondary N) is 1. The molecule has 0 radical (unpaired) electrons. The predicted octanol–water partition coefficient (Wildman–Crippen LogP) is 2.80. The zero-order valence-electron chi connectivity index (χ0n) is 12.9. The van der Waals surface area contributed by atoms with Crippen LogP contribution in [0.3, 0.4) is 0 Å². The molecule has 0 atom stereocenters. The molecule has 4 nitrogen and oxygen atoms in total. The lowest BCUT2D eigenvalue weighted by Gasteiger charge is -2.30. The van der Waals surface area contributed by atoms with Gasteiger partial charge < -0.3 is 15.2 Å². The minimum absolute atomic E-state index is 0.155. The van der Waals surface area contributed by atoms with Crippen LogP contribution in [-0.2, 0) is 11.2 Å². The molecule has 0 heterocycles. The molecule has 0 unspecified atom stereocenters. The van der Waals surface area contributed by atoms with Crippen LogP contribution in [-0.4, -0.2) is 36.2 Å². The summed E-state index contributed by atoms with van der Waals surface area (Å²) < 4.78 is 5.59. The Morgan fingerprint density at radius 1 is 1.33 bits per heavy atom. The number of hydrogen-bond acceptors (Lipinski definition) is 4. The number of aliphatic hydroxyl groups excluding tert-OH is 1. The minimum Gasteiger partial charge on any atom is -0.396 e. The van der Waals surface area contributed by atoms with Gasteiger partial charge in [-0.05, 0) is 44.7 Å². The van der Waals surface area contributed by atoms with Gasteiger partial charge in [-0.2, -0.15) is 0 Å². The van der Waals surface area contributed by atoms with E-state index in [1.54, 1.807) is 0 Å². The van der Waals surface area contributed by atoms with Crippen molar-refractivity contribution in [1.82, 2.24) is 0 Å². The molecule has 0 aromatic heterocycles. The summed E-state index contributed by atoms with van der Waals surface area (Å²) in [7, 11) is 0. The Bertz CT molecular complexity index is 497. The van der Waals surface area contributed by atoms with E-state index < -0.39 is 0 Å². The van der Waals surface area contributed by atoms with Gasteiger partial charge in [0.2, 0.25) is 0 Å². The molecular weight excluding hydrogens is 266 g/mol. The molecule has 0 fully saturated rings. The zero-order chi connectivity index (χ0) is 15.3. The SMILES string of the molecule is CC(C)(COCCCO)Nc1cccc2c1CCCC2=O. The third-order valence-electron chi connectivity index (χ3n) is 3.69. The van der Waals surface area contributed by atoms with Crippen LogP contribution in [0.15, 0.2) is 18.2 Å². The Balaban J connectivity index is 2.05. The number of fused-ring (bicyclic) bond motifs is 1. The molecule has 0 bridgehead atoms. The van der Waals surface area contributed by atoms with Crippen LogP contribution in [0.4, 0.5) is 5.69 Å². The molecule has 2 N–H and O–H groups in total. The summed E-state index contributed by atoms with van der Waals surface area (Å²) >= 11 is 0. The van der Waals surface area contributed by atoms with Crippen LogP contribution in [0.1, 0.15) is 49.0 Å². The van der Waals surface area contributed by atoms with Gasteiger partial charge in [-0.1, -0.05) is 12.1 Å². The molecule has 116 valence electrons. The lowest BCUT2D eigenvalue weighted by atomic mass is 9.89. The number of ether oxygens (including phenoxy) is 1. The highest BCUT2D eigenvalue weighted by Crippen LogP contribution is 2.29. The van der Waals surface area contributed by atoms with E-state index in [0.29, 0.717) is 26.1 Å². The predicted molar refractivity (Wildman–Crippen MR) is 83.9 cm³/mol. The van der Waals surface area contributed by atoms with Crippen molar-refractivity contribution in [2.45, 2.75) is 45.1 Å². The second kappa shape index (κ2) is 7.05. The first kappa shape index (κ1) is 16.0. The number of anilines is 1. The fourth-order valence-corrected chi connectivity index (χ4v) is 2.69. The van der Waals surface area contributed by atoms with Gasteiger partial charge in [-0.25, -0.2) is 0 Å². The van der Waals surface area contributed by atoms with E-state index in [9.17, 15) is 4.79 Å². The zero-order valence-corrected chi connectivity index (χ0v) is 12.9. The number of hydrogen-bond donors (Lipinski definition) is 2. The van der Waals surface area contributed by atoms with Crippen molar-refractivity contribution in [2.75, 3.05) is 25.1 Å². The van der Waals surface area contributed by atoms with E-state index in [1.165, 1.54) is 0 Å². The molecule has 2 rings (SSSR count). The molecule has 21 heavy (non-hydrogen) atoms. The molecule has 1 aliphatic carbocycles. The Kier molecular flexibility index (Phi) is 5.37. The number of carbonyl (C=O) groups excluding carboxylic acids is 1. The fraction of sp³-hybridized carbons (Fsp3) is 0.588. The van der Waals surface area contributed by atoms with Crippen molar-refractivity contribution >= 4 is 11.5 Å². The van der Waals surface area contributed by atoms with Crippen molar-refractivity contribution in [2.24, 2.45) is 0 Å². The van der Waals surface area contributed by atoms with E-state index in [0.717, 1.165) is 29.7 Å². The normalized spacial score (nSPS) is 14.9. The second-order valence-electron chi connectivity index (χ2n) is 6.25. The van der Waals surface area contributed by atoms with Crippen LogP contribution in [0.2, 0.25) is 0 Å². The van der Waals surface area contributed by atoms with E-state index in [2.05, 4.69) is 19.2 Å². The summed E-state index contributed by atoms with van der Waals surface area (Å²) in [6.45, 7) is 5.44. The van der Waals surface area contributed by atoms with Gasteiger partial charge in [0, 0.05) is 30.9 Å². The molecule has 0 saturated heterocycles. The maximum absolute atomic E-state index is 12.0. The van der Waals surface area contributed by atoms with Crippen LogP contribution in [0, 0.1) is 0 Å². The molecule has 0 saturated carbocycles. The molecule has 0 aliphatic heterocycles. The monoisotopic (exact) mass is 291 g/mol. The largest absolute Gasteiger partial charge is 0.396 e. The van der Waals surface area contributed by atoms with E-state index in [1.807, 2.05) is 18.2 Å². The summed E-state index contributed by atoms with van der Waals surface area (Å²) in [4.78, 5) is 12.0. The Morgan fingerprint density at radius 3 is 2.90 bits per heavy atom. The number of ketones is 1. The van der Waals surface area contributed by atoms with E-state index in [-0.39, 0.29) is 17.9 Å². The number of benzene rings is 1. The van der Waals surface area contributed by atoms with Crippen molar-refractivity contribution < 1.29 is 14.6 Å². The minimum atomic E-state index is -0.217. The highest BCUT2D eigenvalue weighted by Gasteiger charge is 2.23. The summed E-state index contributed by atoms with van der Waals surface area (Å²) in [5, 5.41) is 12.3. The van der Waals surface area contributed by atoms with Gasteiger partial charge >= 0.3 is 0 Å². The van der Waals surface area contributed by atoms with Gasteiger partial charge in [0.15, 0.2) is 5.78 Å². The van der Waals surface area contributed by atoms with Crippen molar-refractivity contribution in [3.8, 4) is 0 Å². The van der Waals surface area contributed by atoms with Crippen molar-refractivity contribution in [3.05, 3.63) is 29.3 Å². The lowest BCUT2D eigenvalue weighted by molar-refractivity contribution is 0.0903. The second-order valence-corrected chi connectivity index (χ2v) is 6.25. The van der Waals surface area contributed by atoms with Gasteiger partial charge in [-0.15, -0.1) is 0 Å². The smallest absolute Gasteiger partial charge is 0.163 e. The quantitative estimate of drug-likeness (QED) is 0.758. The number of aliphatic hydroxyl groups is 1. The lowest BCUT2D eigenvalue weighted by Crippen LogP contribution is -2.37. The number of rotatable bonds is 7. The third kappa shape index (κ3) is 4.29. The molecule has 4 heteroatoms. The summed E-state index contributed by atoms with van der Waals surface area (Å²) in [6.07, 6.45) is 3.19. The molecule has 1 aromatic rings. The first-order chi connectivity index (χ1) is 10.0.